The predicted octanol–water partition coefficient (Wildman–Crippen LogP) is 30.1. The van der Waals surface area contributed by atoms with Gasteiger partial charge in [0.2, 0.25) is 0 Å². The van der Waals surface area contributed by atoms with Crippen molar-refractivity contribution in [3.63, 3.8) is 0 Å². The fourth-order valence-corrected chi connectivity index (χ4v) is 37.3. The minimum Gasteiger partial charge on any atom is -0.206 e. The summed E-state index contributed by atoms with van der Waals surface area (Å²) < 4.78 is 59.5. The van der Waals surface area contributed by atoms with Crippen molar-refractivity contribution in [1.29, 1.82) is 0 Å². The van der Waals surface area contributed by atoms with Crippen LogP contribution in [0.4, 0.5) is 13.2 Å². The Hall–Kier alpha value is -8.55. The minimum atomic E-state index is -1.83. The molecule has 0 saturated heterocycles. The molecule has 0 bridgehead atoms. The van der Waals surface area contributed by atoms with Crippen molar-refractivity contribution in [2.75, 3.05) is 0 Å². The smallest absolute Gasteiger partial charge is 0.140 e. The average molecular weight is 2440 g/mol. The molecule has 15 aromatic carbocycles. The van der Waals surface area contributed by atoms with Crippen molar-refractivity contribution in [3.8, 4) is 40.4 Å². The van der Waals surface area contributed by atoms with Crippen LogP contribution >= 0.6 is 175 Å². The summed E-state index contributed by atoms with van der Waals surface area (Å²) >= 11 is 21.8. The molecule has 22 aromatic rings. The molecule has 7 heterocycles. The molecule has 678 valence electrons. The van der Waals surface area contributed by atoms with E-state index in [1.54, 1.807) is 25.6 Å². The van der Waals surface area contributed by atoms with Gasteiger partial charge in [0, 0.05) is 55.5 Å². The molecule has 0 aliphatic carbocycles. The van der Waals surface area contributed by atoms with Crippen LogP contribution < -0.4 is 66.5 Å². The first-order valence-corrected chi connectivity index (χ1v) is 66.7. The van der Waals surface area contributed by atoms with Crippen molar-refractivity contribution in [1.82, 2.24) is 28.8 Å². The number of aryl methyl sites for hydroxylation is 1. The average Bonchev–Trinajstić information content (AvgIpc) is 1.66. The summed E-state index contributed by atoms with van der Waals surface area (Å²) in [6.07, 6.45) is 0. The molecule has 0 saturated carbocycles. The van der Waals surface area contributed by atoms with Gasteiger partial charge in [-0.25, -0.2) is 13.2 Å². The van der Waals surface area contributed by atoms with Crippen LogP contribution in [0.15, 0.2) is 449 Å². The quantitative estimate of drug-likeness (QED) is 0.0514. The molecule has 0 fully saturated rings. The van der Waals surface area contributed by atoms with E-state index in [2.05, 4.69) is 502 Å². The molecule has 0 radical (unpaired) electrons. The van der Waals surface area contributed by atoms with Crippen LogP contribution in [0.5, 0.6) is 0 Å². The number of hydrogen-bond donors (Lipinski definition) is 0. The fraction of sp³-hybridized carbons (Fsp3) is 0.0364. The van der Waals surface area contributed by atoms with Crippen LogP contribution in [-0.2, 0) is 20.4 Å². The van der Waals surface area contributed by atoms with Gasteiger partial charge in [-0.15, -0.1) is 38.0 Å². The molecule has 6 nitrogen and oxygen atoms in total. The van der Waals surface area contributed by atoms with Crippen LogP contribution in [0.1, 0.15) is 4.88 Å². The molecule has 0 atom stereocenters. The second kappa shape index (κ2) is 50.5. The molecular weight excluding hydrogens is 2360 g/mol. The molecule has 26 heteroatoms. The van der Waals surface area contributed by atoms with Crippen LogP contribution in [-0.4, -0.2) is 47.1 Å². The zero-order valence-electron chi connectivity index (χ0n) is 73.3. The number of nitrogens with zero attached hydrogens (tertiary/aromatic N) is 6. The Kier molecular flexibility index (Phi) is 37.8. The van der Waals surface area contributed by atoms with E-state index in [0.29, 0.717) is 34.4 Å². The second-order valence-corrected chi connectivity index (χ2v) is 65.3. The Balaban J connectivity index is 0.000000123. The van der Waals surface area contributed by atoms with Gasteiger partial charge in [0.25, 0.3) is 0 Å². The monoisotopic (exact) mass is 2430 g/mol. The zero-order valence-corrected chi connectivity index (χ0v) is 93.3. The van der Waals surface area contributed by atoms with Crippen LogP contribution in [0.25, 0.3) is 71.0 Å². The summed E-state index contributed by atoms with van der Waals surface area (Å²) in [7, 11) is -1.78. The number of hydrogen-bond acceptors (Lipinski definition) is 13. The normalized spacial score (nSPS) is 11.0. The van der Waals surface area contributed by atoms with E-state index < -0.39 is 50.1 Å². The number of fused-ring (bicyclic) bond motifs is 3. The first kappa shape index (κ1) is 102. The van der Waals surface area contributed by atoms with Gasteiger partial charge >= 0.3 is 105 Å². The molecular formula is C110H83Br4F3N6P4PdS7Sn. The van der Waals surface area contributed by atoms with E-state index in [1.807, 2.05) is 46.9 Å². The molecule has 0 aliphatic heterocycles. The van der Waals surface area contributed by atoms with E-state index in [-0.39, 0.29) is 37.9 Å². The topological polar surface area (TPSA) is 77.3 Å². The molecule has 0 spiro atoms. The summed E-state index contributed by atoms with van der Waals surface area (Å²) in [5.41, 5.74) is 3.16. The summed E-state index contributed by atoms with van der Waals surface area (Å²) in [4.78, 5) is 15.7. The Morgan fingerprint density at radius 1 is 0.243 bits per heavy atom. The maximum atomic E-state index is 14.4. The van der Waals surface area contributed by atoms with E-state index in [9.17, 15) is 13.2 Å². The van der Waals surface area contributed by atoms with Gasteiger partial charge in [-0.2, -0.15) is 0 Å². The third kappa shape index (κ3) is 26.4. The molecule has 7 aromatic heterocycles. The minimum absolute atomic E-state index is 0. The molecule has 22 rings (SSSR count). The van der Waals surface area contributed by atoms with Gasteiger partial charge in [0.15, 0.2) is 0 Å². The van der Waals surface area contributed by atoms with Crippen molar-refractivity contribution in [2.45, 2.75) is 21.7 Å². The number of aromatic nitrogens is 6. The van der Waals surface area contributed by atoms with Gasteiger partial charge in [0.05, 0.1) is 27.5 Å². The number of halogens is 7. The predicted molar refractivity (Wildman–Crippen MR) is 604 cm³/mol. The number of thiophene rings is 4. The van der Waals surface area contributed by atoms with Crippen LogP contribution in [0, 0.1) is 24.4 Å². The van der Waals surface area contributed by atoms with Crippen molar-refractivity contribution in [2.24, 2.45) is 0 Å². The third-order valence-electron chi connectivity index (χ3n) is 20.7. The van der Waals surface area contributed by atoms with E-state index in [1.165, 1.54) is 131 Å². The Morgan fingerprint density at radius 3 is 0.684 bits per heavy atom. The van der Waals surface area contributed by atoms with E-state index in [4.69, 9.17) is 0 Å². The maximum Gasteiger partial charge on any atom is 0.140 e. The Bertz CT molecular complexity index is 6520. The van der Waals surface area contributed by atoms with Gasteiger partial charge in [-0.1, -0.05) is 377 Å². The first-order chi connectivity index (χ1) is 66.0. The number of rotatable bonds is 17. The molecule has 0 aliphatic rings. The van der Waals surface area contributed by atoms with E-state index >= 15 is 0 Å². The molecule has 0 N–H and O–H groups in total. The van der Waals surface area contributed by atoms with Crippen LogP contribution in [0.2, 0.25) is 14.8 Å². The van der Waals surface area contributed by atoms with Crippen molar-refractivity contribution in [3.05, 3.63) is 471 Å². The van der Waals surface area contributed by atoms with Crippen molar-refractivity contribution >= 4 is 291 Å². The van der Waals surface area contributed by atoms with Gasteiger partial charge < -0.3 is 0 Å². The second-order valence-electron chi connectivity index (χ2n) is 31.0. The third-order valence-corrected chi connectivity index (χ3v) is 50.1. The van der Waals surface area contributed by atoms with Gasteiger partial charge in [-0.05, 0) is 236 Å². The van der Waals surface area contributed by atoms with E-state index in [0.717, 1.165) is 44.7 Å². The summed E-state index contributed by atoms with van der Waals surface area (Å²) in [5.74, 6) is -1.07. The summed E-state index contributed by atoms with van der Waals surface area (Å²) in [5, 5.41) is 28.7. The zero-order chi connectivity index (χ0) is 93.4. The summed E-state index contributed by atoms with van der Waals surface area (Å²) in [6, 6.07) is 151. The maximum absolute atomic E-state index is 14.4. The molecule has 0 unspecified atom stereocenters. The van der Waals surface area contributed by atoms with Gasteiger partial charge in [-0.3, -0.25) is 0 Å². The van der Waals surface area contributed by atoms with Crippen LogP contribution in [0.3, 0.4) is 0 Å². The first-order valence-electron chi connectivity index (χ1n) is 42.6. The molecule has 136 heavy (non-hydrogen) atoms. The van der Waals surface area contributed by atoms with Crippen molar-refractivity contribution < 1.29 is 33.6 Å². The summed E-state index contributed by atoms with van der Waals surface area (Å²) in [6.45, 7) is 2.17. The Morgan fingerprint density at radius 2 is 0.449 bits per heavy atom. The van der Waals surface area contributed by atoms with Gasteiger partial charge in [0.1, 0.15) is 34.0 Å². The standard InChI is InChI=1S/C20H6Br2F2N4S4.4C18H15P.C9H7S2.C6HBr2FN2S.3CH3.Pd.Sn/c21-15-9(23)5-7(19-17(15)25-27-31-19)11-1-3-13(29-11)14-4-2-12(30-14)8-6-10(24)16(22)18-20(8)32-28-26-18;4*1-4-10-16(11-5-1)19(17-12-6-2-7-13-17)18-14-8-3-9-15-18;1-7-4-5-9(11-7)8-3-2-6-10-8;7-2-1-3(9)4(8)5-6(2)12-11-10-5;;;;;/h1-6H;4*1-15H;2-5H,1H3;1H;3*1H3;;. The fourth-order valence-electron chi connectivity index (χ4n) is 14.4. The number of benzene rings is 15. The Labute approximate surface area is 875 Å². The largest absolute Gasteiger partial charge is 0.206 e. The molecule has 0 amide bonds. The SMILES string of the molecule is Cc1ccc(-c2cc[c]([Sn]([CH3])([CH3])[CH3])s2)s1.Fc1cc(-c2ccc(-c3ccc(-c4cc(F)c(Br)c5nnsc45)s3)s2)c2snnc2c1Br.Fc1cc(Br)c2snnc2c1Br.[Pd].c1ccc(P(c2ccccc2)c2ccccc2)cc1.c1ccc(P(c2ccccc2)c2ccccc2)cc1.c1ccc(P(c2ccccc2)c2ccccc2)cc1.c1ccc(P(c2ccccc2)c2ccccc2)cc1.